The molecule has 5 rings (SSSR count). The largest absolute Gasteiger partial charge is 0.573 e. The molecule has 0 aliphatic heterocycles. The van der Waals surface area contributed by atoms with Gasteiger partial charge in [0, 0.05) is 0 Å². The van der Waals surface area contributed by atoms with Crippen molar-refractivity contribution in [2.45, 2.75) is 174 Å². The van der Waals surface area contributed by atoms with Crippen LogP contribution in [0, 0.1) is 32.9 Å². The summed E-state index contributed by atoms with van der Waals surface area (Å²) in [5, 5.41) is -0.245. The summed E-state index contributed by atoms with van der Waals surface area (Å²) in [5.41, 5.74) is 1.56. The van der Waals surface area contributed by atoms with Crippen LogP contribution in [0.2, 0.25) is 5.02 Å². The maximum absolute atomic E-state index is 13.1. The van der Waals surface area contributed by atoms with Crippen LogP contribution in [0.3, 0.4) is 0 Å². The first-order chi connectivity index (χ1) is 35.6. The summed E-state index contributed by atoms with van der Waals surface area (Å²) < 4.78 is 205. The third-order valence-corrected chi connectivity index (χ3v) is 11.2. The fourth-order valence-corrected chi connectivity index (χ4v) is 7.63. The summed E-state index contributed by atoms with van der Waals surface area (Å²) in [4.78, 5) is 0. The van der Waals surface area contributed by atoms with Crippen molar-refractivity contribution >= 4 is 11.6 Å². The maximum Gasteiger partial charge on any atom is 0.573 e. The molecule has 1 atom stereocenters. The highest BCUT2D eigenvalue weighted by Gasteiger charge is 2.36. The number of ether oxygens (including phenoxy) is 2. The van der Waals surface area contributed by atoms with Crippen LogP contribution in [-0.4, -0.2) is 12.7 Å². The molecule has 0 heterocycles. The standard InChI is InChI=1S/C13H17F3.C12H14ClF3.C12H14F4O.C12H15F3O.C12H15F3/c1-9(12(2,3)4)10-6-5-7-11(8-10)13(14,15)16;1-11(2,3)7-8-4-5-10(13)9(6-8)12(14,15)16;1-11(2,3)7-8-4-5-9(13)10(6-8)17-12(14,15)16;1-11(2,3)8-9-5-4-6-10(7-9)16-12(13,14)15;1-11(2,3)8-9-5-4-6-10(7-9)12(13,14)15/h5-9H,1-4H3;4-6H,7H2,1-3H3;4-6H,7H2,1-3H3;4-7H,8H2,1-3H3;4-7H,8H2,1-3H3. The Morgan fingerprint density at radius 2 is 0.775 bits per heavy atom. The lowest BCUT2D eigenvalue weighted by molar-refractivity contribution is -0.276. The summed E-state index contributed by atoms with van der Waals surface area (Å²) >= 11 is 5.53. The lowest BCUT2D eigenvalue weighted by Gasteiger charge is -2.28. The molecule has 0 radical (unpaired) electrons. The summed E-state index contributed by atoms with van der Waals surface area (Å²) in [6.07, 6.45) is -19.9. The van der Waals surface area contributed by atoms with E-state index in [1.807, 2.05) is 111 Å². The normalized spacial score (nSPS) is 13.2. The predicted molar refractivity (Wildman–Crippen MR) is 286 cm³/mol. The van der Waals surface area contributed by atoms with Gasteiger partial charge in [-0.15, -0.1) is 26.3 Å². The van der Waals surface area contributed by atoms with Crippen molar-refractivity contribution in [2.24, 2.45) is 27.1 Å². The predicted octanol–water partition coefficient (Wildman–Crippen LogP) is 22.6. The second kappa shape index (κ2) is 28.2. The molecule has 450 valence electrons. The van der Waals surface area contributed by atoms with Gasteiger partial charge in [-0.05, 0) is 135 Å². The molecule has 0 spiro atoms. The fourth-order valence-electron chi connectivity index (χ4n) is 7.40. The summed E-state index contributed by atoms with van der Waals surface area (Å²) in [6.45, 7) is 31.9. The number of alkyl halides is 15. The Bertz CT molecular complexity index is 2630. The molecule has 1 unspecified atom stereocenters. The smallest absolute Gasteiger partial charge is 0.406 e. The monoisotopic (exact) mass is 1180 g/mol. The first kappa shape index (κ1) is 72.9. The Balaban J connectivity index is 0.000000500. The van der Waals surface area contributed by atoms with Crippen molar-refractivity contribution in [1.82, 2.24) is 0 Å². The molecule has 0 bridgehead atoms. The third-order valence-electron chi connectivity index (χ3n) is 10.9. The number of hydrogen-bond donors (Lipinski definition) is 0. The molecule has 0 saturated carbocycles. The quantitative estimate of drug-likeness (QED) is 0.151. The number of rotatable bonds is 7. The Morgan fingerprint density at radius 1 is 0.400 bits per heavy atom. The SMILES string of the molecule is CC(C)(C)Cc1ccc(Cl)c(C(F)(F)F)c1.CC(C)(C)Cc1ccc(F)c(OC(F)(F)F)c1.CC(C)(C)Cc1cccc(C(F)(F)F)c1.CC(C)(C)Cc1cccc(OC(F)(F)F)c1.CC(c1cccc(C(F)(F)F)c1)C(C)(C)C. The molecule has 0 N–H and O–H groups in total. The van der Waals surface area contributed by atoms with Gasteiger partial charge in [0.2, 0.25) is 0 Å². The van der Waals surface area contributed by atoms with Gasteiger partial charge in [0.05, 0.1) is 21.7 Å². The van der Waals surface area contributed by atoms with E-state index in [4.69, 9.17) is 11.6 Å². The van der Waals surface area contributed by atoms with E-state index in [0.717, 1.165) is 47.0 Å². The van der Waals surface area contributed by atoms with Gasteiger partial charge in [-0.2, -0.15) is 39.5 Å². The van der Waals surface area contributed by atoms with Crippen LogP contribution in [0.15, 0.2) is 109 Å². The molecule has 0 aliphatic rings. The molecule has 5 aromatic rings. The van der Waals surface area contributed by atoms with E-state index >= 15 is 0 Å². The van der Waals surface area contributed by atoms with Crippen molar-refractivity contribution in [2.75, 3.05) is 0 Å². The summed E-state index contributed by atoms with van der Waals surface area (Å²) in [7, 11) is 0. The van der Waals surface area contributed by atoms with Gasteiger partial charge >= 0.3 is 31.3 Å². The van der Waals surface area contributed by atoms with Crippen LogP contribution in [0.4, 0.5) is 70.2 Å². The average Bonchev–Trinajstić information content (AvgIpc) is 3.22. The molecule has 80 heavy (non-hydrogen) atoms. The van der Waals surface area contributed by atoms with E-state index in [0.29, 0.717) is 36.8 Å². The molecule has 19 heteroatoms. The van der Waals surface area contributed by atoms with Crippen LogP contribution in [0.1, 0.15) is 161 Å². The molecule has 2 nitrogen and oxygen atoms in total. The van der Waals surface area contributed by atoms with Crippen molar-refractivity contribution < 1.29 is 79.7 Å². The van der Waals surface area contributed by atoms with E-state index in [1.165, 1.54) is 48.5 Å². The van der Waals surface area contributed by atoms with Crippen LogP contribution in [0.5, 0.6) is 11.5 Å². The summed E-state index contributed by atoms with van der Waals surface area (Å²) in [6, 6.07) is 24.8. The highest BCUT2D eigenvalue weighted by molar-refractivity contribution is 6.31. The van der Waals surface area contributed by atoms with Gasteiger partial charge in [0.25, 0.3) is 0 Å². The Morgan fingerprint density at radius 3 is 1.18 bits per heavy atom. The van der Waals surface area contributed by atoms with E-state index < -0.39 is 59.5 Å². The van der Waals surface area contributed by atoms with Crippen LogP contribution in [-0.2, 0) is 44.2 Å². The Kier molecular flexibility index (Phi) is 25.7. The lowest BCUT2D eigenvalue weighted by Crippen LogP contribution is -2.18. The minimum absolute atomic E-state index is 0.00419. The average molecular weight is 1180 g/mol. The highest BCUT2D eigenvalue weighted by atomic mass is 35.5. The van der Waals surface area contributed by atoms with Gasteiger partial charge in [-0.25, -0.2) is 4.39 Å². The molecule has 0 saturated heterocycles. The highest BCUT2D eigenvalue weighted by Crippen LogP contribution is 2.39. The summed E-state index contributed by atoms with van der Waals surface area (Å²) in [5.74, 6) is -1.86. The van der Waals surface area contributed by atoms with Crippen LogP contribution >= 0.6 is 11.6 Å². The van der Waals surface area contributed by atoms with Gasteiger partial charge in [-0.1, -0.05) is 183 Å². The topological polar surface area (TPSA) is 18.5 Å². The van der Waals surface area contributed by atoms with Crippen LogP contribution in [0.25, 0.3) is 0 Å². The molecule has 0 aliphatic carbocycles. The number of benzene rings is 5. The second-order valence-electron chi connectivity index (χ2n) is 25.2. The maximum atomic E-state index is 13.1. The van der Waals surface area contributed by atoms with E-state index in [9.17, 15) is 70.2 Å². The van der Waals surface area contributed by atoms with Gasteiger partial charge in [-0.3, -0.25) is 0 Å². The fraction of sp³-hybridized carbons (Fsp3) is 0.508. The van der Waals surface area contributed by atoms with E-state index in [2.05, 4.69) is 9.47 Å². The third kappa shape index (κ3) is 31.8. The minimum atomic E-state index is -4.87. The van der Waals surface area contributed by atoms with Gasteiger partial charge in [0.1, 0.15) is 5.75 Å². The molecule has 0 amide bonds. The first-order valence-corrected chi connectivity index (χ1v) is 25.6. The van der Waals surface area contributed by atoms with Crippen LogP contribution < -0.4 is 9.47 Å². The molecule has 0 fully saturated rings. The van der Waals surface area contributed by atoms with Crippen molar-refractivity contribution in [3.8, 4) is 11.5 Å². The lowest BCUT2D eigenvalue weighted by atomic mass is 9.77. The number of hydrogen-bond acceptors (Lipinski definition) is 2. The molecular weight excluding hydrogens is 1100 g/mol. The molecule has 5 aromatic carbocycles. The van der Waals surface area contributed by atoms with E-state index in [-0.39, 0.29) is 43.8 Å². The first-order valence-electron chi connectivity index (χ1n) is 25.2. The van der Waals surface area contributed by atoms with Gasteiger partial charge in [0.15, 0.2) is 11.6 Å². The zero-order valence-corrected chi connectivity index (χ0v) is 48.8. The van der Waals surface area contributed by atoms with Crippen molar-refractivity contribution in [3.63, 3.8) is 0 Å². The van der Waals surface area contributed by atoms with Crippen molar-refractivity contribution in [3.05, 3.63) is 165 Å². The van der Waals surface area contributed by atoms with Crippen molar-refractivity contribution in [1.29, 1.82) is 0 Å². The minimum Gasteiger partial charge on any atom is -0.406 e. The zero-order chi connectivity index (χ0) is 62.5. The van der Waals surface area contributed by atoms with E-state index in [1.54, 1.807) is 30.3 Å². The molecular formula is C61H75ClF16O2. The zero-order valence-electron chi connectivity index (χ0n) is 48.0. The second-order valence-corrected chi connectivity index (χ2v) is 25.6. The Hall–Kier alpha value is -5.13. The van der Waals surface area contributed by atoms with Gasteiger partial charge < -0.3 is 9.47 Å². The Labute approximate surface area is 466 Å². The molecule has 0 aromatic heterocycles. The number of halogens is 17.